The standard InChI is InChI=1S/C17H10ClF4NO/c18-13-7-2-8-14(19)15(13)16(24)23-9-3-5-11-4-1-6-12(10-11)17(20,21)22/h1-2,4,6-8,10H,9H2,(H,23,24). The summed E-state index contributed by atoms with van der Waals surface area (Å²) in [5, 5.41) is 2.29. The molecule has 0 saturated heterocycles. The minimum atomic E-state index is -4.45. The number of rotatable bonds is 2. The third-order valence-electron chi connectivity index (χ3n) is 2.95. The van der Waals surface area contributed by atoms with Crippen LogP contribution in [0.4, 0.5) is 17.6 Å². The minimum absolute atomic E-state index is 0.0432. The van der Waals surface area contributed by atoms with Crippen LogP contribution in [0.5, 0.6) is 0 Å². The molecular weight excluding hydrogens is 346 g/mol. The number of nitrogens with one attached hydrogen (secondary N) is 1. The van der Waals surface area contributed by atoms with Gasteiger partial charge in [-0.15, -0.1) is 0 Å². The van der Waals surface area contributed by atoms with Gasteiger partial charge >= 0.3 is 6.18 Å². The van der Waals surface area contributed by atoms with Crippen molar-refractivity contribution < 1.29 is 22.4 Å². The topological polar surface area (TPSA) is 29.1 Å². The molecule has 0 saturated carbocycles. The van der Waals surface area contributed by atoms with Crippen molar-refractivity contribution in [1.29, 1.82) is 0 Å². The molecule has 24 heavy (non-hydrogen) atoms. The third-order valence-corrected chi connectivity index (χ3v) is 3.26. The molecule has 0 unspecified atom stereocenters. The molecule has 2 nitrogen and oxygen atoms in total. The van der Waals surface area contributed by atoms with Gasteiger partial charge in [0.25, 0.3) is 5.91 Å². The largest absolute Gasteiger partial charge is 0.416 e. The number of carbonyl (C=O) groups excluding carboxylic acids is 1. The summed E-state index contributed by atoms with van der Waals surface area (Å²) in [5.74, 6) is 3.48. The fourth-order valence-corrected chi connectivity index (χ4v) is 2.10. The Morgan fingerprint density at radius 3 is 2.54 bits per heavy atom. The van der Waals surface area contributed by atoms with Gasteiger partial charge in [0.15, 0.2) is 0 Å². The fraction of sp³-hybridized carbons (Fsp3) is 0.118. The van der Waals surface area contributed by atoms with E-state index in [1.807, 2.05) is 0 Å². The van der Waals surface area contributed by atoms with Crippen LogP contribution < -0.4 is 5.32 Å². The van der Waals surface area contributed by atoms with E-state index in [0.29, 0.717) is 0 Å². The zero-order chi connectivity index (χ0) is 17.7. The van der Waals surface area contributed by atoms with Crippen LogP contribution in [-0.2, 0) is 6.18 Å². The van der Waals surface area contributed by atoms with Gasteiger partial charge in [-0.1, -0.05) is 35.6 Å². The number of halogens is 5. The number of alkyl halides is 3. The SMILES string of the molecule is O=C(NCC#Cc1cccc(C(F)(F)F)c1)c1c(F)cccc1Cl. The van der Waals surface area contributed by atoms with Crippen molar-refractivity contribution in [3.05, 3.63) is 70.0 Å². The van der Waals surface area contributed by atoms with E-state index in [0.717, 1.165) is 18.2 Å². The summed E-state index contributed by atoms with van der Waals surface area (Å²) in [7, 11) is 0. The van der Waals surface area contributed by atoms with E-state index in [9.17, 15) is 22.4 Å². The molecule has 124 valence electrons. The Labute approximate surface area is 140 Å². The lowest BCUT2D eigenvalue weighted by atomic mass is 10.1. The summed E-state index contributed by atoms with van der Waals surface area (Å²) in [6, 6.07) is 8.32. The number of amides is 1. The molecule has 1 N–H and O–H groups in total. The van der Waals surface area contributed by atoms with Gasteiger partial charge in [-0.25, -0.2) is 4.39 Å². The van der Waals surface area contributed by atoms with E-state index < -0.39 is 23.5 Å². The Kier molecular flexibility index (Phi) is 5.47. The molecule has 0 aliphatic carbocycles. The van der Waals surface area contributed by atoms with Crippen LogP contribution in [0.2, 0.25) is 5.02 Å². The number of benzene rings is 2. The van der Waals surface area contributed by atoms with Crippen molar-refractivity contribution >= 4 is 17.5 Å². The van der Waals surface area contributed by atoms with Crippen LogP contribution >= 0.6 is 11.6 Å². The first-order chi connectivity index (χ1) is 11.3. The predicted octanol–water partition coefficient (Wildman–Crippen LogP) is 4.28. The van der Waals surface area contributed by atoms with Crippen molar-refractivity contribution in [3.63, 3.8) is 0 Å². The van der Waals surface area contributed by atoms with Crippen LogP contribution in [0.3, 0.4) is 0 Å². The third kappa shape index (κ3) is 4.49. The van der Waals surface area contributed by atoms with Crippen LogP contribution in [0.25, 0.3) is 0 Å². The lowest BCUT2D eigenvalue weighted by Crippen LogP contribution is -2.25. The van der Waals surface area contributed by atoms with Crippen LogP contribution in [0, 0.1) is 17.7 Å². The van der Waals surface area contributed by atoms with Crippen molar-refractivity contribution in [2.75, 3.05) is 6.54 Å². The molecule has 7 heteroatoms. The van der Waals surface area contributed by atoms with Crippen LogP contribution in [-0.4, -0.2) is 12.5 Å². The molecule has 0 bridgehead atoms. The molecule has 0 aliphatic heterocycles. The van der Waals surface area contributed by atoms with Crippen molar-refractivity contribution in [2.45, 2.75) is 6.18 Å². The lowest BCUT2D eigenvalue weighted by molar-refractivity contribution is -0.137. The van der Waals surface area contributed by atoms with Crippen LogP contribution in [0.1, 0.15) is 21.5 Å². The molecule has 0 aromatic heterocycles. The highest BCUT2D eigenvalue weighted by Crippen LogP contribution is 2.29. The number of carbonyl (C=O) groups is 1. The summed E-state index contributed by atoms with van der Waals surface area (Å²) in [5.41, 5.74) is -0.959. The lowest BCUT2D eigenvalue weighted by Gasteiger charge is -2.06. The Morgan fingerprint density at radius 2 is 1.88 bits per heavy atom. The number of hydrogen-bond acceptors (Lipinski definition) is 1. The van der Waals surface area contributed by atoms with Gasteiger partial charge < -0.3 is 5.32 Å². The Hall–Kier alpha value is -2.52. The Morgan fingerprint density at radius 1 is 1.17 bits per heavy atom. The quantitative estimate of drug-likeness (QED) is 0.632. The predicted molar refractivity (Wildman–Crippen MR) is 82.1 cm³/mol. The van der Waals surface area contributed by atoms with Crippen molar-refractivity contribution in [3.8, 4) is 11.8 Å². The summed E-state index contributed by atoms with van der Waals surface area (Å²) in [6.07, 6.45) is -4.45. The van der Waals surface area contributed by atoms with Crippen molar-refractivity contribution in [2.24, 2.45) is 0 Å². The average molecular weight is 356 g/mol. The summed E-state index contributed by atoms with van der Waals surface area (Å²) in [4.78, 5) is 11.8. The van der Waals surface area contributed by atoms with E-state index in [1.54, 1.807) is 0 Å². The van der Waals surface area contributed by atoms with Gasteiger partial charge in [0.1, 0.15) is 5.82 Å². The Bertz CT molecular complexity index is 801. The first-order valence-electron chi connectivity index (χ1n) is 6.67. The molecular formula is C17H10ClF4NO. The molecule has 2 rings (SSSR count). The number of hydrogen-bond donors (Lipinski definition) is 1. The molecule has 0 aliphatic rings. The maximum atomic E-state index is 13.5. The van der Waals surface area contributed by atoms with Crippen molar-refractivity contribution in [1.82, 2.24) is 5.32 Å². The molecule has 0 atom stereocenters. The van der Waals surface area contributed by atoms with Crippen LogP contribution in [0.15, 0.2) is 42.5 Å². The molecule has 2 aromatic rings. The summed E-state index contributed by atoms with van der Waals surface area (Å²) in [6.45, 7) is -0.167. The summed E-state index contributed by atoms with van der Waals surface area (Å²) < 4.78 is 51.3. The first-order valence-corrected chi connectivity index (χ1v) is 7.05. The highest BCUT2D eigenvalue weighted by molar-refractivity contribution is 6.33. The second kappa shape index (κ2) is 7.37. The maximum Gasteiger partial charge on any atom is 0.416 e. The van der Waals surface area contributed by atoms with Gasteiger partial charge in [-0.2, -0.15) is 13.2 Å². The monoisotopic (exact) mass is 355 g/mol. The summed E-state index contributed by atoms with van der Waals surface area (Å²) >= 11 is 5.75. The van der Waals surface area contributed by atoms with E-state index in [2.05, 4.69) is 17.2 Å². The molecule has 0 fully saturated rings. The van der Waals surface area contributed by atoms with Gasteiger partial charge in [-0.3, -0.25) is 4.79 Å². The molecule has 2 aromatic carbocycles. The first kappa shape index (κ1) is 17.8. The smallest absolute Gasteiger partial charge is 0.341 e. The second-order valence-electron chi connectivity index (χ2n) is 4.66. The normalized spacial score (nSPS) is 10.7. The van der Waals surface area contributed by atoms with Gasteiger partial charge in [0, 0.05) is 5.56 Å². The molecule has 1 amide bonds. The minimum Gasteiger partial charge on any atom is -0.341 e. The maximum absolute atomic E-state index is 13.5. The van der Waals surface area contributed by atoms with E-state index in [-0.39, 0.29) is 22.7 Å². The fourth-order valence-electron chi connectivity index (χ4n) is 1.85. The molecule has 0 spiro atoms. The average Bonchev–Trinajstić information content (AvgIpc) is 2.51. The highest BCUT2D eigenvalue weighted by atomic mass is 35.5. The van der Waals surface area contributed by atoms with Gasteiger partial charge in [0.05, 0.1) is 22.7 Å². The zero-order valence-electron chi connectivity index (χ0n) is 12.0. The van der Waals surface area contributed by atoms with Gasteiger partial charge in [-0.05, 0) is 30.3 Å². The van der Waals surface area contributed by atoms with E-state index >= 15 is 0 Å². The second-order valence-corrected chi connectivity index (χ2v) is 5.07. The zero-order valence-corrected chi connectivity index (χ0v) is 12.8. The molecule has 0 radical (unpaired) electrons. The van der Waals surface area contributed by atoms with E-state index in [1.165, 1.54) is 24.3 Å². The highest BCUT2D eigenvalue weighted by Gasteiger charge is 2.30. The van der Waals surface area contributed by atoms with E-state index in [4.69, 9.17) is 11.6 Å². The molecule has 0 heterocycles. The Balaban J connectivity index is 2.03. The van der Waals surface area contributed by atoms with Gasteiger partial charge in [0.2, 0.25) is 0 Å².